The van der Waals surface area contributed by atoms with E-state index in [4.69, 9.17) is 15.0 Å². The average Bonchev–Trinajstić information content (AvgIpc) is 2.78. The van der Waals surface area contributed by atoms with Crippen molar-refractivity contribution in [1.29, 1.82) is 0 Å². The van der Waals surface area contributed by atoms with E-state index in [0.29, 0.717) is 11.5 Å². The van der Waals surface area contributed by atoms with Crippen LogP contribution in [0.25, 0.3) is 0 Å². The van der Waals surface area contributed by atoms with Crippen LogP contribution in [0.1, 0.15) is 24.3 Å². The monoisotopic (exact) mass is 236 g/mol. The molecule has 4 nitrogen and oxygen atoms in total. The Morgan fingerprint density at radius 1 is 1.47 bits per heavy atom. The molecule has 0 aliphatic rings. The SMILES string of the molecule is CC(N)c1ccc(F)cc1OCc1ccno1. The molecule has 2 aromatic rings. The molecule has 5 heteroatoms. The number of aromatic nitrogens is 1. The van der Waals surface area contributed by atoms with Crippen molar-refractivity contribution in [3.8, 4) is 5.75 Å². The minimum atomic E-state index is -0.359. The molecule has 1 atom stereocenters. The van der Waals surface area contributed by atoms with Gasteiger partial charge in [0.25, 0.3) is 0 Å². The fourth-order valence-electron chi connectivity index (χ4n) is 1.47. The van der Waals surface area contributed by atoms with Crippen molar-refractivity contribution >= 4 is 0 Å². The lowest BCUT2D eigenvalue weighted by molar-refractivity contribution is 0.245. The van der Waals surface area contributed by atoms with Crippen LogP contribution in [0.3, 0.4) is 0 Å². The van der Waals surface area contributed by atoms with Crippen LogP contribution >= 0.6 is 0 Å². The van der Waals surface area contributed by atoms with Crippen LogP contribution in [0.2, 0.25) is 0 Å². The van der Waals surface area contributed by atoms with Crippen molar-refractivity contribution in [2.24, 2.45) is 5.73 Å². The molecule has 90 valence electrons. The van der Waals surface area contributed by atoms with Gasteiger partial charge in [-0.3, -0.25) is 0 Å². The number of nitrogens with zero attached hydrogens (tertiary/aromatic N) is 1. The number of rotatable bonds is 4. The molecule has 0 fully saturated rings. The highest BCUT2D eigenvalue weighted by Gasteiger charge is 2.10. The molecule has 0 radical (unpaired) electrons. The molecule has 0 bridgehead atoms. The van der Waals surface area contributed by atoms with Crippen LogP contribution in [-0.4, -0.2) is 5.16 Å². The third-order valence-electron chi connectivity index (χ3n) is 2.33. The van der Waals surface area contributed by atoms with Crippen molar-refractivity contribution in [3.05, 3.63) is 47.6 Å². The lowest BCUT2D eigenvalue weighted by Gasteiger charge is -2.13. The number of hydrogen-bond donors (Lipinski definition) is 1. The van der Waals surface area contributed by atoms with E-state index in [0.717, 1.165) is 5.56 Å². The number of benzene rings is 1. The smallest absolute Gasteiger partial charge is 0.174 e. The molecule has 1 aromatic carbocycles. The quantitative estimate of drug-likeness (QED) is 0.885. The molecule has 17 heavy (non-hydrogen) atoms. The zero-order chi connectivity index (χ0) is 12.3. The molecular weight excluding hydrogens is 223 g/mol. The number of hydrogen-bond acceptors (Lipinski definition) is 4. The van der Waals surface area contributed by atoms with Gasteiger partial charge >= 0.3 is 0 Å². The maximum absolute atomic E-state index is 13.1. The van der Waals surface area contributed by atoms with Gasteiger partial charge in [0.15, 0.2) is 5.76 Å². The van der Waals surface area contributed by atoms with Gasteiger partial charge in [-0.05, 0) is 13.0 Å². The minimum Gasteiger partial charge on any atom is -0.485 e. The molecule has 1 unspecified atom stereocenters. The Morgan fingerprint density at radius 2 is 2.29 bits per heavy atom. The second kappa shape index (κ2) is 4.97. The largest absolute Gasteiger partial charge is 0.485 e. The standard InChI is InChI=1S/C12H13FN2O2/c1-8(14)11-3-2-9(13)6-12(11)16-7-10-4-5-15-17-10/h2-6,8H,7,14H2,1H3. The molecule has 1 heterocycles. The maximum Gasteiger partial charge on any atom is 0.174 e. The number of ether oxygens (including phenoxy) is 1. The van der Waals surface area contributed by atoms with E-state index in [1.54, 1.807) is 12.1 Å². The van der Waals surface area contributed by atoms with Crippen LogP contribution in [0.15, 0.2) is 35.0 Å². The number of halogens is 1. The van der Waals surface area contributed by atoms with Gasteiger partial charge in [-0.25, -0.2) is 4.39 Å². The van der Waals surface area contributed by atoms with Crippen molar-refractivity contribution in [1.82, 2.24) is 5.16 Å². The lowest BCUT2D eigenvalue weighted by Crippen LogP contribution is -2.08. The van der Waals surface area contributed by atoms with Crippen LogP contribution in [-0.2, 0) is 6.61 Å². The zero-order valence-corrected chi connectivity index (χ0v) is 9.39. The van der Waals surface area contributed by atoms with Gasteiger partial charge in [0, 0.05) is 23.7 Å². The molecular formula is C12H13FN2O2. The number of nitrogens with two attached hydrogens (primary N) is 1. The first-order chi connectivity index (χ1) is 8.16. The molecule has 0 saturated heterocycles. The molecule has 0 spiro atoms. The van der Waals surface area contributed by atoms with Gasteiger partial charge in [0.1, 0.15) is 18.2 Å². The molecule has 2 N–H and O–H groups in total. The molecule has 0 amide bonds. The van der Waals surface area contributed by atoms with Gasteiger partial charge in [0.05, 0.1) is 6.20 Å². The summed E-state index contributed by atoms with van der Waals surface area (Å²) in [5, 5.41) is 3.56. The second-order valence-electron chi connectivity index (χ2n) is 3.74. The summed E-state index contributed by atoms with van der Waals surface area (Å²) in [6, 6.07) is 5.76. The van der Waals surface area contributed by atoms with Gasteiger partial charge in [-0.15, -0.1) is 0 Å². The summed E-state index contributed by atoms with van der Waals surface area (Å²) in [4.78, 5) is 0. The highest BCUT2D eigenvalue weighted by Crippen LogP contribution is 2.25. The Hall–Kier alpha value is -1.88. The fraction of sp³-hybridized carbons (Fsp3) is 0.250. The summed E-state index contributed by atoms with van der Waals surface area (Å²) < 4.78 is 23.5. The maximum atomic E-state index is 13.1. The van der Waals surface area contributed by atoms with Crippen molar-refractivity contribution in [2.45, 2.75) is 19.6 Å². The summed E-state index contributed by atoms with van der Waals surface area (Å²) in [5.41, 5.74) is 6.53. The Morgan fingerprint density at radius 3 is 2.94 bits per heavy atom. The second-order valence-corrected chi connectivity index (χ2v) is 3.74. The van der Waals surface area contributed by atoms with Crippen LogP contribution in [0.4, 0.5) is 4.39 Å². The van der Waals surface area contributed by atoms with Crippen molar-refractivity contribution in [2.75, 3.05) is 0 Å². The van der Waals surface area contributed by atoms with E-state index in [1.807, 2.05) is 6.92 Å². The van der Waals surface area contributed by atoms with Crippen molar-refractivity contribution in [3.63, 3.8) is 0 Å². The Balaban J connectivity index is 2.16. The van der Waals surface area contributed by atoms with Crippen molar-refractivity contribution < 1.29 is 13.7 Å². The Kier molecular flexibility index (Phi) is 3.39. The summed E-state index contributed by atoms with van der Waals surface area (Å²) in [7, 11) is 0. The predicted molar refractivity (Wildman–Crippen MR) is 59.8 cm³/mol. The normalized spacial score (nSPS) is 12.4. The summed E-state index contributed by atoms with van der Waals surface area (Å²) in [6.07, 6.45) is 1.52. The van der Waals surface area contributed by atoms with Gasteiger partial charge in [0.2, 0.25) is 0 Å². The van der Waals surface area contributed by atoms with Gasteiger partial charge < -0.3 is 15.0 Å². The van der Waals surface area contributed by atoms with Crippen LogP contribution in [0.5, 0.6) is 5.75 Å². The molecule has 0 aliphatic heterocycles. The van der Waals surface area contributed by atoms with Crippen LogP contribution in [0, 0.1) is 5.82 Å². The van der Waals surface area contributed by atoms with Gasteiger partial charge in [-0.1, -0.05) is 11.2 Å². The van der Waals surface area contributed by atoms with E-state index in [9.17, 15) is 4.39 Å². The van der Waals surface area contributed by atoms with E-state index in [2.05, 4.69) is 5.16 Å². The highest BCUT2D eigenvalue weighted by atomic mass is 19.1. The highest BCUT2D eigenvalue weighted by molar-refractivity contribution is 5.36. The van der Waals surface area contributed by atoms with E-state index >= 15 is 0 Å². The Labute approximate surface area is 98.2 Å². The topological polar surface area (TPSA) is 61.3 Å². The fourth-order valence-corrected chi connectivity index (χ4v) is 1.47. The molecule has 1 aromatic heterocycles. The summed E-state index contributed by atoms with van der Waals surface area (Å²) in [6.45, 7) is 2.01. The summed E-state index contributed by atoms with van der Waals surface area (Å²) >= 11 is 0. The molecule has 2 rings (SSSR count). The lowest BCUT2D eigenvalue weighted by atomic mass is 10.1. The minimum absolute atomic E-state index is 0.198. The average molecular weight is 236 g/mol. The predicted octanol–water partition coefficient (Wildman–Crippen LogP) is 2.41. The molecule has 0 saturated carbocycles. The molecule has 0 aliphatic carbocycles. The van der Waals surface area contributed by atoms with Crippen LogP contribution < -0.4 is 10.5 Å². The first-order valence-corrected chi connectivity index (χ1v) is 5.24. The zero-order valence-electron chi connectivity index (χ0n) is 9.39. The Bertz CT molecular complexity index is 483. The first-order valence-electron chi connectivity index (χ1n) is 5.24. The van der Waals surface area contributed by atoms with E-state index in [1.165, 1.54) is 18.3 Å². The van der Waals surface area contributed by atoms with E-state index in [-0.39, 0.29) is 18.5 Å². The van der Waals surface area contributed by atoms with Gasteiger partial charge in [-0.2, -0.15) is 0 Å². The summed E-state index contributed by atoms with van der Waals surface area (Å²) in [5.74, 6) is 0.642. The van der Waals surface area contributed by atoms with E-state index < -0.39 is 0 Å². The third-order valence-corrected chi connectivity index (χ3v) is 2.33. The first kappa shape index (κ1) is 11.6. The third kappa shape index (κ3) is 2.82.